The molecule has 0 heterocycles. The van der Waals surface area contributed by atoms with Crippen molar-refractivity contribution in [2.45, 2.75) is 13.5 Å². The summed E-state index contributed by atoms with van der Waals surface area (Å²) in [5.41, 5.74) is 2.10. The second-order valence-corrected chi connectivity index (χ2v) is 5.31. The van der Waals surface area contributed by atoms with Crippen molar-refractivity contribution in [2.24, 2.45) is 0 Å². The third-order valence-corrected chi connectivity index (χ3v) is 3.64. The number of esters is 1. The van der Waals surface area contributed by atoms with Crippen LogP contribution in [0, 0.1) is 0 Å². The van der Waals surface area contributed by atoms with Crippen LogP contribution in [0.25, 0.3) is 6.08 Å². The average molecular weight is 342 g/mol. The van der Waals surface area contributed by atoms with Gasteiger partial charge in [-0.05, 0) is 30.7 Å². The molecule has 5 heteroatoms. The normalized spacial score (nSPS) is 11.0. The predicted molar refractivity (Wildman–Crippen MR) is 96.0 cm³/mol. The number of methoxy groups -OCH3 is 3. The van der Waals surface area contributed by atoms with Crippen LogP contribution in [-0.2, 0) is 16.1 Å². The minimum atomic E-state index is -0.388. The summed E-state index contributed by atoms with van der Waals surface area (Å²) < 4.78 is 21.4. The maximum absolute atomic E-state index is 12.2. The summed E-state index contributed by atoms with van der Waals surface area (Å²) in [4.78, 5) is 12.2. The van der Waals surface area contributed by atoms with Gasteiger partial charge in [-0.1, -0.05) is 30.3 Å². The van der Waals surface area contributed by atoms with Crippen LogP contribution in [0.2, 0.25) is 0 Å². The minimum Gasteiger partial charge on any atom is -0.493 e. The summed E-state index contributed by atoms with van der Waals surface area (Å²) in [5.74, 6) is 1.14. The van der Waals surface area contributed by atoms with Crippen LogP contribution in [-0.4, -0.2) is 27.3 Å². The van der Waals surface area contributed by atoms with Crippen molar-refractivity contribution < 1.29 is 23.7 Å². The predicted octanol–water partition coefficient (Wildman–Crippen LogP) is 3.86. The highest BCUT2D eigenvalue weighted by Crippen LogP contribution is 2.40. The van der Waals surface area contributed by atoms with Crippen molar-refractivity contribution in [3.05, 3.63) is 59.2 Å². The van der Waals surface area contributed by atoms with E-state index in [-0.39, 0.29) is 12.6 Å². The Morgan fingerprint density at radius 1 is 0.920 bits per heavy atom. The van der Waals surface area contributed by atoms with E-state index in [0.29, 0.717) is 28.4 Å². The van der Waals surface area contributed by atoms with E-state index in [1.807, 2.05) is 30.3 Å². The third kappa shape index (κ3) is 4.53. The first-order chi connectivity index (χ1) is 12.1. The zero-order valence-electron chi connectivity index (χ0n) is 14.9. The number of rotatable bonds is 7. The molecule has 0 fully saturated rings. The molecular weight excluding hydrogens is 320 g/mol. The summed E-state index contributed by atoms with van der Waals surface area (Å²) in [7, 11) is 4.63. The SMILES string of the molecule is COc1ccc(C=C(C)C(=O)OCc2ccccc2)c(OC)c1OC. The first kappa shape index (κ1) is 18.4. The molecule has 0 aliphatic heterocycles. The second kappa shape index (κ2) is 8.78. The zero-order valence-corrected chi connectivity index (χ0v) is 14.9. The lowest BCUT2D eigenvalue weighted by molar-refractivity contribution is -0.140. The fourth-order valence-electron chi connectivity index (χ4n) is 2.37. The van der Waals surface area contributed by atoms with Crippen LogP contribution in [0.15, 0.2) is 48.0 Å². The Balaban J connectivity index is 2.19. The molecule has 0 aliphatic carbocycles. The lowest BCUT2D eigenvalue weighted by Gasteiger charge is -2.14. The van der Waals surface area contributed by atoms with Gasteiger partial charge in [0, 0.05) is 11.1 Å². The van der Waals surface area contributed by atoms with Gasteiger partial charge in [0.05, 0.1) is 21.3 Å². The number of hydrogen-bond donors (Lipinski definition) is 0. The van der Waals surface area contributed by atoms with Gasteiger partial charge in [0.25, 0.3) is 0 Å². The summed E-state index contributed by atoms with van der Waals surface area (Å²) in [6.45, 7) is 1.93. The monoisotopic (exact) mass is 342 g/mol. The van der Waals surface area contributed by atoms with E-state index in [1.165, 1.54) is 14.2 Å². The molecule has 0 aliphatic rings. The smallest absolute Gasteiger partial charge is 0.334 e. The van der Waals surface area contributed by atoms with Gasteiger partial charge in [0.1, 0.15) is 6.61 Å². The van der Waals surface area contributed by atoms with Crippen LogP contribution in [0.4, 0.5) is 0 Å². The Kier molecular flexibility index (Phi) is 6.46. The number of carbonyl (C=O) groups excluding carboxylic acids is 1. The van der Waals surface area contributed by atoms with Gasteiger partial charge in [-0.25, -0.2) is 4.79 Å². The third-order valence-electron chi connectivity index (χ3n) is 3.64. The summed E-state index contributed by atoms with van der Waals surface area (Å²) in [6, 6.07) is 13.1. The van der Waals surface area contributed by atoms with Gasteiger partial charge in [-0.15, -0.1) is 0 Å². The summed E-state index contributed by atoms with van der Waals surface area (Å²) in [6.07, 6.45) is 1.70. The van der Waals surface area contributed by atoms with Crippen LogP contribution >= 0.6 is 0 Å². The maximum atomic E-state index is 12.2. The number of carbonyl (C=O) groups is 1. The molecule has 25 heavy (non-hydrogen) atoms. The lowest BCUT2D eigenvalue weighted by Crippen LogP contribution is -2.06. The number of benzene rings is 2. The first-order valence-corrected chi connectivity index (χ1v) is 7.79. The van der Waals surface area contributed by atoms with Crippen molar-refractivity contribution in [1.29, 1.82) is 0 Å². The standard InChI is InChI=1S/C20H22O5/c1-14(20(21)25-13-15-8-6-5-7-9-15)12-16-10-11-17(22-2)19(24-4)18(16)23-3/h5-12H,13H2,1-4H3. The fourth-order valence-corrected chi connectivity index (χ4v) is 2.37. The Labute approximate surface area is 147 Å². The topological polar surface area (TPSA) is 54.0 Å². The van der Waals surface area contributed by atoms with Gasteiger partial charge >= 0.3 is 5.97 Å². The lowest BCUT2D eigenvalue weighted by atomic mass is 10.1. The Morgan fingerprint density at radius 2 is 1.60 bits per heavy atom. The highest BCUT2D eigenvalue weighted by Gasteiger charge is 2.16. The Hall–Kier alpha value is -2.95. The van der Waals surface area contributed by atoms with Crippen molar-refractivity contribution >= 4 is 12.0 Å². The van der Waals surface area contributed by atoms with E-state index in [9.17, 15) is 4.79 Å². The van der Waals surface area contributed by atoms with E-state index in [4.69, 9.17) is 18.9 Å². The molecule has 2 aromatic carbocycles. The van der Waals surface area contributed by atoms with Gasteiger partial charge in [-0.3, -0.25) is 0 Å². The van der Waals surface area contributed by atoms with Gasteiger partial charge < -0.3 is 18.9 Å². The van der Waals surface area contributed by atoms with Crippen LogP contribution < -0.4 is 14.2 Å². The molecule has 0 N–H and O–H groups in total. The maximum Gasteiger partial charge on any atom is 0.334 e. The van der Waals surface area contributed by atoms with Crippen LogP contribution in [0.3, 0.4) is 0 Å². The molecule has 0 saturated carbocycles. The molecule has 5 nitrogen and oxygen atoms in total. The number of hydrogen-bond acceptors (Lipinski definition) is 5. The van der Waals surface area contributed by atoms with Crippen LogP contribution in [0.5, 0.6) is 17.2 Å². The molecule has 0 atom stereocenters. The van der Waals surface area contributed by atoms with Gasteiger partial charge in [0.15, 0.2) is 11.5 Å². The highest BCUT2D eigenvalue weighted by atomic mass is 16.5. The molecule has 0 aromatic heterocycles. The quantitative estimate of drug-likeness (QED) is 0.565. The molecule has 2 rings (SSSR count). The molecule has 0 unspecified atom stereocenters. The molecule has 132 valence electrons. The average Bonchev–Trinajstić information content (AvgIpc) is 2.66. The largest absolute Gasteiger partial charge is 0.493 e. The second-order valence-electron chi connectivity index (χ2n) is 5.31. The molecular formula is C20H22O5. The Morgan fingerprint density at radius 3 is 2.20 bits per heavy atom. The zero-order chi connectivity index (χ0) is 18.2. The molecule has 0 spiro atoms. The van der Waals surface area contributed by atoms with E-state index in [0.717, 1.165) is 5.56 Å². The summed E-state index contributed by atoms with van der Waals surface area (Å²) in [5, 5.41) is 0. The van der Waals surface area contributed by atoms with Gasteiger partial charge in [0.2, 0.25) is 5.75 Å². The molecule has 0 bridgehead atoms. The van der Waals surface area contributed by atoms with Crippen molar-refractivity contribution in [3.8, 4) is 17.2 Å². The molecule has 0 amide bonds. The Bertz CT molecular complexity index is 750. The summed E-state index contributed by atoms with van der Waals surface area (Å²) >= 11 is 0. The van der Waals surface area contributed by atoms with E-state index >= 15 is 0 Å². The molecule has 2 aromatic rings. The first-order valence-electron chi connectivity index (χ1n) is 7.79. The van der Waals surface area contributed by atoms with Crippen LogP contribution in [0.1, 0.15) is 18.1 Å². The van der Waals surface area contributed by atoms with Gasteiger partial charge in [-0.2, -0.15) is 0 Å². The van der Waals surface area contributed by atoms with Crippen molar-refractivity contribution in [1.82, 2.24) is 0 Å². The van der Waals surface area contributed by atoms with E-state index in [2.05, 4.69) is 0 Å². The molecule has 0 radical (unpaired) electrons. The van der Waals surface area contributed by atoms with E-state index in [1.54, 1.807) is 32.2 Å². The minimum absolute atomic E-state index is 0.230. The highest BCUT2D eigenvalue weighted by molar-refractivity contribution is 5.93. The fraction of sp³-hybridized carbons (Fsp3) is 0.250. The van der Waals surface area contributed by atoms with Crippen molar-refractivity contribution in [3.63, 3.8) is 0 Å². The molecule has 0 saturated heterocycles. The van der Waals surface area contributed by atoms with Crippen molar-refractivity contribution in [2.75, 3.05) is 21.3 Å². The number of ether oxygens (including phenoxy) is 4. The van der Waals surface area contributed by atoms with E-state index < -0.39 is 0 Å².